The van der Waals surface area contributed by atoms with Crippen molar-refractivity contribution in [1.29, 1.82) is 0 Å². The average Bonchev–Trinajstić information content (AvgIpc) is 2.86. The van der Waals surface area contributed by atoms with E-state index in [1.165, 1.54) is 12.1 Å². The minimum absolute atomic E-state index is 0.496. The number of nitrogens with zero attached hydrogens (tertiary/aromatic N) is 3. The molecule has 1 aliphatic rings. The molecule has 1 aliphatic heterocycles. The molecule has 4 heteroatoms. The SMILES string of the molecule is CC(C)NCc1cc(N2CCC(N(C)C)C2)ccn1. The summed E-state index contributed by atoms with van der Waals surface area (Å²) >= 11 is 0. The molecule has 0 bridgehead atoms. The Morgan fingerprint density at radius 2 is 2.26 bits per heavy atom. The summed E-state index contributed by atoms with van der Waals surface area (Å²) in [5.41, 5.74) is 2.43. The molecule has 0 radical (unpaired) electrons. The molecule has 0 aromatic carbocycles. The molecule has 0 aliphatic carbocycles. The molecule has 1 atom stereocenters. The van der Waals surface area contributed by atoms with Crippen molar-refractivity contribution in [1.82, 2.24) is 15.2 Å². The van der Waals surface area contributed by atoms with Crippen LogP contribution in [0.2, 0.25) is 0 Å². The van der Waals surface area contributed by atoms with Gasteiger partial charge in [0.2, 0.25) is 0 Å². The van der Waals surface area contributed by atoms with Crippen LogP contribution in [0, 0.1) is 0 Å². The summed E-state index contributed by atoms with van der Waals surface area (Å²) in [5, 5.41) is 3.42. The van der Waals surface area contributed by atoms with Gasteiger partial charge < -0.3 is 15.1 Å². The molecule has 4 nitrogen and oxygen atoms in total. The molecule has 1 N–H and O–H groups in total. The van der Waals surface area contributed by atoms with Gasteiger partial charge in [0.1, 0.15) is 0 Å². The maximum Gasteiger partial charge on any atom is 0.0562 e. The zero-order valence-corrected chi connectivity index (χ0v) is 12.6. The van der Waals surface area contributed by atoms with Crippen molar-refractivity contribution in [3.05, 3.63) is 24.0 Å². The zero-order chi connectivity index (χ0) is 13.8. The fourth-order valence-corrected chi connectivity index (χ4v) is 2.47. The summed E-state index contributed by atoms with van der Waals surface area (Å²) < 4.78 is 0. The van der Waals surface area contributed by atoms with Crippen molar-refractivity contribution in [3.8, 4) is 0 Å². The van der Waals surface area contributed by atoms with Crippen LogP contribution in [0.1, 0.15) is 26.0 Å². The molecular weight excluding hydrogens is 236 g/mol. The van der Waals surface area contributed by atoms with E-state index in [0.717, 1.165) is 25.3 Å². The average molecular weight is 262 g/mol. The van der Waals surface area contributed by atoms with Gasteiger partial charge in [-0.15, -0.1) is 0 Å². The van der Waals surface area contributed by atoms with E-state index in [0.29, 0.717) is 12.1 Å². The third-order valence-electron chi connectivity index (χ3n) is 3.75. The Morgan fingerprint density at radius 1 is 1.47 bits per heavy atom. The highest BCUT2D eigenvalue weighted by molar-refractivity contribution is 5.47. The Bertz CT molecular complexity index is 403. The lowest BCUT2D eigenvalue weighted by atomic mass is 10.2. The first-order valence-electron chi connectivity index (χ1n) is 7.16. The fraction of sp³-hybridized carbons (Fsp3) is 0.667. The smallest absolute Gasteiger partial charge is 0.0562 e. The van der Waals surface area contributed by atoms with Gasteiger partial charge in [0.25, 0.3) is 0 Å². The van der Waals surface area contributed by atoms with E-state index in [1.807, 2.05) is 6.20 Å². The van der Waals surface area contributed by atoms with Crippen molar-refractivity contribution >= 4 is 5.69 Å². The molecule has 2 heterocycles. The summed E-state index contributed by atoms with van der Waals surface area (Å²) in [5.74, 6) is 0. The number of hydrogen-bond donors (Lipinski definition) is 1. The van der Waals surface area contributed by atoms with E-state index < -0.39 is 0 Å². The lowest BCUT2D eigenvalue weighted by Crippen LogP contribution is -2.31. The highest BCUT2D eigenvalue weighted by atomic mass is 15.2. The Balaban J connectivity index is 1.99. The number of pyridine rings is 1. The summed E-state index contributed by atoms with van der Waals surface area (Å²) in [4.78, 5) is 9.22. The zero-order valence-electron chi connectivity index (χ0n) is 12.6. The summed E-state index contributed by atoms with van der Waals surface area (Å²) in [6, 6.07) is 5.51. The van der Waals surface area contributed by atoms with Crippen LogP contribution in [-0.2, 0) is 6.54 Å². The topological polar surface area (TPSA) is 31.4 Å². The van der Waals surface area contributed by atoms with E-state index in [9.17, 15) is 0 Å². The Labute approximate surface area is 116 Å². The van der Waals surface area contributed by atoms with Gasteiger partial charge in [0.15, 0.2) is 0 Å². The van der Waals surface area contributed by atoms with Gasteiger partial charge >= 0.3 is 0 Å². The summed E-state index contributed by atoms with van der Waals surface area (Å²) in [7, 11) is 4.33. The normalized spacial score (nSPS) is 19.7. The first-order valence-corrected chi connectivity index (χ1v) is 7.16. The van der Waals surface area contributed by atoms with Crippen LogP contribution in [0.15, 0.2) is 18.3 Å². The van der Waals surface area contributed by atoms with Gasteiger partial charge in [-0.25, -0.2) is 0 Å². The number of hydrogen-bond acceptors (Lipinski definition) is 4. The molecule has 106 valence electrons. The maximum atomic E-state index is 4.44. The van der Waals surface area contributed by atoms with Gasteiger partial charge in [0.05, 0.1) is 5.69 Å². The van der Waals surface area contributed by atoms with E-state index in [4.69, 9.17) is 0 Å². The van der Waals surface area contributed by atoms with Crippen LogP contribution in [-0.4, -0.2) is 49.2 Å². The minimum Gasteiger partial charge on any atom is -0.370 e. The molecule has 1 aromatic heterocycles. The van der Waals surface area contributed by atoms with Crippen LogP contribution < -0.4 is 10.2 Å². The van der Waals surface area contributed by atoms with Crippen molar-refractivity contribution in [2.75, 3.05) is 32.1 Å². The second-order valence-electron chi connectivity index (χ2n) is 5.89. The van der Waals surface area contributed by atoms with Crippen LogP contribution in [0.4, 0.5) is 5.69 Å². The van der Waals surface area contributed by atoms with Gasteiger partial charge in [-0.2, -0.15) is 0 Å². The second kappa shape index (κ2) is 6.35. The first-order chi connectivity index (χ1) is 9.06. The molecule has 1 aromatic rings. The van der Waals surface area contributed by atoms with Crippen molar-refractivity contribution in [2.24, 2.45) is 0 Å². The largest absolute Gasteiger partial charge is 0.370 e. The number of anilines is 1. The monoisotopic (exact) mass is 262 g/mol. The van der Waals surface area contributed by atoms with E-state index in [-0.39, 0.29) is 0 Å². The molecule has 1 unspecified atom stereocenters. The van der Waals surface area contributed by atoms with Gasteiger partial charge in [-0.05, 0) is 32.6 Å². The van der Waals surface area contributed by atoms with Gasteiger partial charge in [-0.1, -0.05) is 13.8 Å². The standard InChI is InChI=1S/C15H26N4/c1-12(2)17-10-13-9-14(5-7-16-13)19-8-6-15(11-19)18(3)4/h5,7,9,12,15,17H,6,8,10-11H2,1-4H3. The Kier molecular flexibility index (Phi) is 4.77. The maximum absolute atomic E-state index is 4.44. The Hall–Kier alpha value is -1.13. The molecule has 2 rings (SSSR count). The molecule has 0 saturated carbocycles. The second-order valence-corrected chi connectivity index (χ2v) is 5.89. The highest BCUT2D eigenvalue weighted by Gasteiger charge is 2.24. The quantitative estimate of drug-likeness (QED) is 0.875. The summed E-state index contributed by atoms with van der Waals surface area (Å²) in [6.45, 7) is 7.42. The third-order valence-corrected chi connectivity index (χ3v) is 3.75. The lowest BCUT2D eigenvalue weighted by Gasteiger charge is -2.22. The van der Waals surface area contributed by atoms with Crippen LogP contribution >= 0.6 is 0 Å². The van der Waals surface area contributed by atoms with Crippen LogP contribution in [0.3, 0.4) is 0 Å². The van der Waals surface area contributed by atoms with E-state index >= 15 is 0 Å². The van der Waals surface area contributed by atoms with Crippen molar-refractivity contribution < 1.29 is 0 Å². The molecular formula is C15H26N4. The van der Waals surface area contributed by atoms with Gasteiger partial charge in [-0.3, -0.25) is 4.98 Å². The molecule has 1 fully saturated rings. The number of rotatable bonds is 5. The minimum atomic E-state index is 0.496. The fourth-order valence-electron chi connectivity index (χ4n) is 2.47. The summed E-state index contributed by atoms with van der Waals surface area (Å²) in [6.07, 6.45) is 3.17. The first kappa shape index (κ1) is 14.3. The van der Waals surface area contributed by atoms with Crippen molar-refractivity contribution in [2.45, 2.75) is 38.9 Å². The predicted octanol–water partition coefficient (Wildman–Crippen LogP) is 1.72. The highest BCUT2D eigenvalue weighted by Crippen LogP contribution is 2.22. The molecule has 0 amide bonds. The molecule has 1 saturated heterocycles. The van der Waals surface area contributed by atoms with Gasteiger partial charge in [0, 0.05) is 43.6 Å². The lowest BCUT2D eigenvalue weighted by molar-refractivity contribution is 0.315. The number of aromatic nitrogens is 1. The molecule has 0 spiro atoms. The van der Waals surface area contributed by atoms with Crippen LogP contribution in [0.5, 0.6) is 0 Å². The van der Waals surface area contributed by atoms with E-state index in [2.05, 4.69) is 60.2 Å². The number of nitrogens with one attached hydrogen (secondary N) is 1. The number of likely N-dealkylation sites (N-methyl/N-ethyl adjacent to an activating group) is 1. The van der Waals surface area contributed by atoms with E-state index in [1.54, 1.807) is 0 Å². The van der Waals surface area contributed by atoms with Crippen LogP contribution in [0.25, 0.3) is 0 Å². The molecule has 19 heavy (non-hydrogen) atoms. The Morgan fingerprint density at radius 3 is 2.89 bits per heavy atom. The predicted molar refractivity (Wildman–Crippen MR) is 80.5 cm³/mol. The third kappa shape index (κ3) is 3.91. The van der Waals surface area contributed by atoms with Crippen molar-refractivity contribution in [3.63, 3.8) is 0 Å².